The predicted molar refractivity (Wildman–Crippen MR) is 79.9 cm³/mol. The van der Waals surface area contributed by atoms with Crippen LogP contribution in [-0.2, 0) is 9.84 Å². The van der Waals surface area contributed by atoms with Crippen molar-refractivity contribution in [3.05, 3.63) is 45.7 Å². The lowest BCUT2D eigenvalue weighted by Crippen LogP contribution is -2.03. The van der Waals surface area contributed by atoms with Gasteiger partial charge in [-0.2, -0.15) is 5.26 Å². The second-order valence-electron chi connectivity index (χ2n) is 4.12. The molecule has 4 nitrogen and oxygen atoms in total. The van der Waals surface area contributed by atoms with E-state index in [9.17, 15) is 13.7 Å². The van der Waals surface area contributed by atoms with Crippen molar-refractivity contribution in [2.24, 2.45) is 0 Å². The maximum atomic E-state index is 11.9. The first kappa shape index (κ1) is 14.7. The van der Waals surface area contributed by atoms with Gasteiger partial charge in [-0.25, -0.2) is 8.42 Å². The van der Waals surface area contributed by atoms with Crippen molar-refractivity contribution >= 4 is 33.7 Å². The number of rotatable bonds is 2. The zero-order chi connectivity index (χ0) is 14.9. The average Bonchev–Trinajstić information content (AvgIpc) is 2.38. The van der Waals surface area contributed by atoms with Crippen LogP contribution in [0.2, 0.25) is 5.02 Å². The highest BCUT2D eigenvalue weighted by Crippen LogP contribution is 2.31. The standard InChI is InChI=1S/C13H9ClN2O2S2/c1-20(17,18)11-7-16-13(19)10(6-15)12(11)8-2-4-9(14)5-3-8/h2-5,7H,1H3,(H,16,19). The third-order valence-electron chi connectivity index (χ3n) is 2.70. The highest BCUT2D eigenvalue weighted by atomic mass is 35.5. The molecule has 0 amide bonds. The van der Waals surface area contributed by atoms with Crippen LogP contribution >= 0.6 is 23.8 Å². The number of benzene rings is 1. The first-order valence-corrected chi connectivity index (χ1v) is 8.14. The number of H-pyrrole nitrogens is 1. The summed E-state index contributed by atoms with van der Waals surface area (Å²) in [5, 5.41) is 9.77. The minimum Gasteiger partial charge on any atom is -0.350 e. The normalized spacial score (nSPS) is 11.1. The van der Waals surface area contributed by atoms with E-state index in [1.165, 1.54) is 6.20 Å². The summed E-state index contributed by atoms with van der Waals surface area (Å²) in [5.41, 5.74) is 1.01. The van der Waals surface area contributed by atoms with Gasteiger partial charge in [0.15, 0.2) is 9.84 Å². The van der Waals surface area contributed by atoms with E-state index >= 15 is 0 Å². The Morgan fingerprint density at radius 1 is 1.30 bits per heavy atom. The Balaban J connectivity index is 2.92. The topological polar surface area (TPSA) is 73.7 Å². The van der Waals surface area contributed by atoms with Crippen LogP contribution < -0.4 is 0 Å². The lowest BCUT2D eigenvalue weighted by Gasteiger charge is -2.10. The molecule has 1 aromatic heterocycles. The number of hydrogen-bond acceptors (Lipinski definition) is 4. The largest absolute Gasteiger partial charge is 0.350 e. The van der Waals surface area contributed by atoms with Gasteiger partial charge in [0.1, 0.15) is 10.7 Å². The van der Waals surface area contributed by atoms with E-state index in [4.69, 9.17) is 23.8 Å². The highest BCUT2D eigenvalue weighted by molar-refractivity contribution is 7.90. The zero-order valence-electron chi connectivity index (χ0n) is 10.3. The van der Waals surface area contributed by atoms with Crippen molar-refractivity contribution in [1.29, 1.82) is 5.26 Å². The average molecular weight is 325 g/mol. The van der Waals surface area contributed by atoms with E-state index < -0.39 is 9.84 Å². The number of pyridine rings is 1. The van der Waals surface area contributed by atoms with Gasteiger partial charge in [-0.05, 0) is 17.7 Å². The van der Waals surface area contributed by atoms with Crippen LogP contribution in [0, 0.1) is 16.0 Å². The van der Waals surface area contributed by atoms with Crippen LogP contribution in [0.1, 0.15) is 5.56 Å². The van der Waals surface area contributed by atoms with E-state index in [-0.39, 0.29) is 15.1 Å². The second kappa shape index (κ2) is 5.37. The number of sulfone groups is 1. The number of aromatic nitrogens is 1. The van der Waals surface area contributed by atoms with Crippen LogP contribution in [0.4, 0.5) is 0 Å². The summed E-state index contributed by atoms with van der Waals surface area (Å²) >= 11 is 10.9. The van der Waals surface area contributed by atoms with Crippen molar-refractivity contribution in [2.45, 2.75) is 4.90 Å². The molecule has 0 fully saturated rings. The molecule has 0 aliphatic carbocycles. The Morgan fingerprint density at radius 2 is 1.90 bits per heavy atom. The first-order valence-electron chi connectivity index (χ1n) is 5.46. The first-order chi connectivity index (χ1) is 9.34. The summed E-state index contributed by atoms with van der Waals surface area (Å²) in [6.07, 6.45) is 2.39. The zero-order valence-corrected chi connectivity index (χ0v) is 12.7. The molecule has 1 heterocycles. The van der Waals surface area contributed by atoms with Gasteiger partial charge >= 0.3 is 0 Å². The van der Waals surface area contributed by atoms with Gasteiger partial charge in [-0.1, -0.05) is 36.0 Å². The molecule has 0 spiro atoms. The molecule has 0 unspecified atom stereocenters. The molecule has 0 saturated carbocycles. The number of nitrogens with one attached hydrogen (secondary N) is 1. The van der Waals surface area contributed by atoms with Gasteiger partial charge in [-0.15, -0.1) is 0 Å². The fourth-order valence-corrected chi connectivity index (χ4v) is 3.01. The molecule has 0 aliphatic heterocycles. The summed E-state index contributed by atoms with van der Waals surface area (Å²) in [7, 11) is -3.50. The third kappa shape index (κ3) is 2.75. The van der Waals surface area contributed by atoms with Gasteiger partial charge in [0.25, 0.3) is 0 Å². The van der Waals surface area contributed by atoms with E-state index in [1.54, 1.807) is 24.3 Å². The number of aromatic amines is 1. The van der Waals surface area contributed by atoms with Crippen molar-refractivity contribution < 1.29 is 8.42 Å². The summed E-state index contributed by atoms with van der Waals surface area (Å²) in [6, 6.07) is 8.52. The molecule has 20 heavy (non-hydrogen) atoms. The maximum Gasteiger partial charge on any atom is 0.177 e. The number of nitrogens with zero attached hydrogens (tertiary/aromatic N) is 1. The Morgan fingerprint density at radius 3 is 2.40 bits per heavy atom. The van der Waals surface area contributed by atoms with Crippen LogP contribution in [-0.4, -0.2) is 19.7 Å². The second-order valence-corrected chi connectivity index (χ2v) is 6.95. The van der Waals surface area contributed by atoms with Crippen molar-refractivity contribution in [1.82, 2.24) is 4.98 Å². The molecule has 2 aromatic rings. The molecule has 7 heteroatoms. The molecule has 0 radical (unpaired) electrons. The smallest absolute Gasteiger partial charge is 0.177 e. The predicted octanol–water partition coefficient (Wildman–Crippen LogP) is 3.34. The van der Waals surface area contributed by atoms with Gasteiger partial charge in [0, 0.05) is 23.0 Å². The quantitative estimate of drug-likeness (QED) is 0.860. The van der Waals surface area contributed by atoms with E-state index in [2.05, 4.69) is 4.98 Å². The van der Waals surface area contributed by atoms with E-state index in [0.29, 0.717) is 16.1 Å². The molecule has 0 aliphatic rings. The summed E-state index contributed by atoms with van der Waals surface area (Å²) in [4.78, 5) is 2.67. The fourth-order valence-electron chi connectivity index (χ4n) is 1.81. The lowest BCUT2D eigenvalue weighted by molar-refractivity contribution is 0.601. The molecule has 102 valence electrons. The third-order valence-corrected chi connectivity index (χ3v) is 4.40. The summed E-state index contributed by atoms with van der Waals surface area (Å²) in [5.74, 6) is 0. The van der Waals surface area contributed by atoms with Crippen LogP contribution in [0.5, 0.6) is 0 Å². The number of nitriles is 1. The molecule has 0 bridgehead atoms. The van der Waals surface area contributed by atoms with Crippen molar-refractivity contribution in [3.8, 4) is 17.2 Å². The Hall–Kier alpha value is -1.68. The van der Waals surface area contributed by atoms with Crippen molar-refractivity contribution in [3.63, 3.8) is 0 Å². The van der Waals surface area contributed by atoms with Gasteiger partial charge < -0.3 is 4.98 Å². The van der Waals surface area contributed by atoms with E-state index in [1.807, 2.05) is 6.07 Å². The van der Waals surface area contributed by atoms with Crippen molar-refractivity contribution in [2.75, 3.05) is 6.26 Å². The lowest BCUT2D eigenvalue weighted by atomic mass is 10.0. The highest BCUT2D eigenvalue weighted by Gasteiger charge is 2.19. The van der Waals surface area contributed by atoms with Crippen LogP contribution in [0.25, 0.3) is 11.1 Å². The minimum atomic E-state index is -3.50. The fraction of sp³-hybridized carbons (Fsp3) is 0.0769. The number of hydrogen-bond donors (Lipinski definition) is 1. The van der Waals surface area contributed by atoms with Gasteiger partial charge in [0.2, 0.25) is 0 Å². The SMILES string of the molecule is CS(=O)(=O)c1c[nH]c(=S)c(C#N)c1-c1ccc(Cl)cc1. The van der Waals surface area contributed by atoms with Crippen LogP contribution in [0.15, 0.2) is 35.4 Å². The molecule has 1 N–H and O–H groups in total. The Bertz CT molecular complexity index is 863. The molecular weight excluding hydrogens is 316 g/mol. The molecular formula is C13H9ClN2O2S2. The minimum absolute atomic E-state index is 0.0324. The van der Waals surface area contributed by atoms with Gasteiger partial charge in [-0.3, -0.25) is 0 Å². The van der Waals surface area contributed by atoms with Gasteiger partial charge in [0.05, 0.1) is 10.5 Å². The molecule has 2 rings (SSSR count). The number of halogens is 1. The molecule has 1 aromatic carbocycles. The maximum absolute atomic E-state index is 11.9. The summed E-state index contributed by atoms with van der Waals surface area (Å²) in [6.45, 7) is 0. The summed E-state index contributed by atoms with van der Waals surface area (Å²) < 4.78 is 24.0. The molecule has 0 atom stereocenters. The monoisotopic (exact) mass is 324 g/mol. The molecule has 0 saturated heterocycles. The van der Waals surface area contributed by atoms with E-state index in [0.717, 1.165) is 6.26 Å². The Labute approximate surface area is 126 Å². The Kier molecular flexibility index (Phi) is 3.95. The van der Waals surface area contributed by atoms with Crippen LogP contribution in [0.3, 0.4) is 0 Å².